The Labute approximate surface area is 163 Å². The number of benzene rings is 2. The number of rotatable bonds is 8. The van der Waals surface area contributed by atoms with Gasteiger partial charge in [-0.05, 0) is 36.2 Å². The summed E-state index contributed by atoms with van der Waals surface area (Å²) >= 11 is 0. The van der Waals surface area contributed by atoms with Gasteiger partial charge in [-0.25, -0.2) is 0 Å². The highest BCUT2D eigenvalue weighted by Gasteiger charge is 2.12. The van der Waals surface area contributed by atoms with Crippen LogP contribution < -0.4 is 20.1 Å². The van der Waals surface area contributed by atoms with E-state index >= 15 is 0 Å². The topological polar surface area (TPSA) is 85.4 Å². The Morgan fingerprint density at radius 1 is 0.964 bits per heavy atom. The third-order valence-electron chi connectivity index (χ3n) is 4.12. The van der Waals surface area contributed by atoms with Gasteiger partial charge >= 0.3 is 0 Å². The van der Waals surface area contributed by atoms with Crippen LogP contribution in [0.5, 0.6) is 11.5 Å². The van der Waals surface area contributed by atoms with Crippen LogP contribution in [0.1, 0.15) is 16.1 Å². The lowest BCUT2D eigenvalue weighted by Crippen LogP contribution is -2.16. The van der Waals surface area contributed by atoms with Gasteiger partial charge in [-0.15, -0.1) is 10.2 Å². The van der Waals surface area contributed by atoms with E-state index in [0.717, 1.165) is 13.0 Å². The van der Waals surface area contributed by atoms with Crippen molar-refractivity contribution in [1.29, 1.82) is 0 Å². The molecule has 0 spiro atoms. The zero-order valence-electron chi connectivity index (χ0n) is 15.8. The molecule has 7 nitrogen and oxygen atoms in total. The van der Waals surface area contributed by atoms with E-state index in [0.29, 0.717) is 23.0 Å². The average Bonchev–Trinajstić information content (AvgIpc) is 2.75. The second kappa shape index (κ2) is 9.36. The number of ether oxygens (including phenoxy) is 2. The minimum absolute atomic E-state index is 0.214. The normalized spacial score (nSPS) is 10.2. The van der Waals surface area contributed by atoms with Crippen molar-refractivity contribution in [2.75, 3.05) is 31.4 Å². The van der Waals surface area contributed by atoms with Crippen molar-refractivity contribution in [1.82, 2.24) is 10.2 Å². The monoisotopic (exact) mass is 378 g/mol. The number of methoxy groups -OCH3 is 2. The Hall–Kier alpha value is -3.61. The van der Waals surface area contributed by atoms with Crippen LogP contribution in [0, 0.1) is 0 Å². The predicted molar refractivity (Wildman–Crippen MR) is 108 cm³/mol. The standard InChI is InChI=1S/C21H22N4O3/c1-27-16-8-9-17(19(14-16)28-2)23-21(26)18-10-11-20(25-24-18)22-13-12-15-6-4-3-5-7-15/h3-11,14H,12-13H2,1-2H3,(H,22,25)(H,23,26). The Balaban J connectivity index is 1.58. The molecule has 0 bridgehead atoms. The van der Waals surface area contributed by atoms with Crippen molar-refractivity contribution < 1.29 is 14.3 Å². The van der Waals surface area contributed by atoms with Gasteiger partial charge in [0.25, 0.3) is 5.91 Å². The lowest BCUT2D eigenvalue weighted by atomic mass is 10.1. The Kier molecular flexibility index (Phi) is 6.41. The zero-order chi connectivity index (χ0) is 19.8. The van der Waals surface area contributed by atoms with Crippen molar-refractivity contribution >= 4 is 17.4 Å². The molecule has 1 aromatic heterocycles. The summed E-state index contributed by atoms with van der Waals surface area (Å²) in [7, 11) is 3.10. The fraction of sp³-hybridized carbons (Fsp3) is 0.190. The van der Waals surface area contributed by atoms with E-state index in [4.69, 9.17) is 9.47 Å². The minimum Gasteiger partial charge on any atom is -0.497 e. The molecule has 3 aromatic rings. The molecule has 0 saturated heterocycles. The molecule has 1 heterocycles. The van der Waals surface area contributed by atoms with E-state index in [-0.39, 0.29) is 11.6 Å². The van der Waals surface area contributed by atoms with Crippen LogP contribution in [0.2, 0.25) is 0 Å². The van der Waals surface area contributed by atoms with E-state index in [1.165, 1.54) is 12.7 Å². The van der Waals surface area contributed by atoms with E-state index in [1.807, 2.05) is 18.2 Å². The quantitative estimate of drug-likeness (QED) is 0.625. The van der Waals surface area contributed by atoms with E-state index in [1.54, 1.807) is 37.4 Å². The number of nitrogens with one attached hydrogen (secondary N) is 2. The van der Waals surface area contributed by atoms with Crippen molar-refractivity contribution in [3.8, 4) is 11.5 Å². The largest absolute Gasteiger partial charge is 0.497 e. The molecule has 28 heavy (non-hydrogen) atoms. The van der Waals surface area contributed by atoms with Gasteiger partial charge in [0.05, 0.1) is 19.9 Å². The highest BCUT2D eigenvalue weighted by atomic mass is 16.5. The molecule has 7 heteroatoms. The number of hydrogen-bond donors (Lipinski definition) is 2. The van der Waals surface area contributed by atoms with Gasteiger partial charge in [0.1, 0.15) is 17.3 Å². The van der Waals surface area contributed by atoms with E-state index in [2.05, 4.69) is 33.0 Å². The minimum atomic E-state index is -0.369. The first-order valence-electron chi connectivity index (χ1n) is 8.84. The summed E-state index contributed by atoms with van der Waals surface area (Å²) in [6, 6.07) is 18.7. The summed E-state index contributed by atoms with van der Waals surface area (Å²) in [4.78, 5) is 12.4. The molecule has 2 N–H and O–H groups in total. The summed E-state index contributed by atoms with van der Waals surface area (Å²) in [5.41, 5.74) is 1.99. The molecule has 0 aliphatic carbocycles. The molecule has 1 amide bonds. The van der Waals surface area contributed by atoms with Crippen LogP contribution in [0.25, 0.3) is 0 Å². The Bertz CT molecular complexity index is 915. The van der Waals surface area contributed by atoms with Gasteiger partial charge in [-0.2, -0.15) is 0 Å². The zero-order valence-corrected chi connectivity index (χ0v) is 15.8. The number of aromatic nitrogens is 2. The lowest BCUT2D eigenvalue weighted by Gasteiger charge is -2.11. The first-order chi connectivity index (χ1) is 13.7. The van der Waals surface area contributed by atoms with Crippen LogP contribution in [0.4, 0.5) is 11.5 Å². The summed E-state index contributed by atoms with van der Waals surface area (Å²) in [5, 5.41) is 14.0. The van der Waals surface area contributed by atoms with Gasteiger partial charge < -0.3 is 20.1 Å². The fourth-order valence-corrected chi connectivity index (χ4v) is 2.62. The van der Waals surface area contributed by atoms with Gasteiger partial charge in [0.2, 0.25) is 0 Å². The maximum atomic E-state index is 12.4. The Morgan fingerprint density at radius 3 is 2.46 bits per heavy atom. The van der Waals surface area contributed by atoms with Crippen molar-refractivity contribution in [2.24, 2.45) is 0 Å². The molecular formula is C21H22N4O3. The molecule has 0 saturated carbocycles. The predicted octanol–water partition coefficient (Wildman–Crippen LogP) is 3.40. The van der Waals surface area contributed by atoms with Gasteiger partial charge in [-0.1, -0.05) is 30.3 Å². The smallest absolute Gasteiger partial charge is 0.276 e. The molecule has 0 aliphatic heterocycles. The van der Waals surface area contributed by atoms with Gasteiger partial charge in [0, 0.05) is 12.6 Å². The molecule has 0 radical (unpaired) electrons. The average molecular weight is 378 g/mol. The molecule has 144 valence electrons. The van der Waals surface area contributed by atoms with Gasteiger partial charge in [-0.3, -0.25) is 4.79 Å². The second-order valence-electron chi connectivity index (χ2n) is 5.99. The van der Waals surface area contributed by atoms with Crippen LogP contribution in [-0.2, 0) is 6.42 Å². The van der Waals surface area contributed by atoms with E-state index < -0.39 is 0 Å². The first-order valence-corrected chi connectivity index (χ1v) is 8.84. The first kappa shape index (κ1) is 19.2. The number of carbonyl (C=O) groups excluding carboxylic acids is 1. The molecule has 3 rings (SSSR count). The van der Waals surface area contributed by atoms with Crippen LogP contribution in [0.15, 0.2) is 60.7 Å². The summed E-state index contributed by atoms with van der Waals surface area (Å²) in [5.74, 6) is 1.39. The summed E-state index contributed by atoms with van der Waals surface area (Å²) in [6.07, 6.45) is 0.877. The Morgan fingerprint density at radius 2 is 1.79 bits per heavy atom. The van der Waals surface area contributed by atoms with Crippen LogP contribution in [-0.4, -0.2) is 36.9 Å². The molecule has 0 unspecified atom stereocenters. The maximum Gasteiger partial charge on any atom is 0.276 e. The summed E-state index contributed by atoms with van der Waals surface area (Å²) < 4.78 is 10.4. The number of nitrogens with zero attached hydrogens (tertiary/aromatic N) is 2. The van der Waals surface area contributed by atoms with Crippen molar-refractivity contribution in [2.45, 2.75) is 6.42 Å². The molecule has 0 atom stereocenters. The van der Waals surface area contributed by atoms with Crippen molar-refractivity contribution in [3.05, 3.63) is 71.9 Å². The number of anilines is 2. The third-order valence-corrected chi connectivity index (χ3v) is 4.12. The number of hydrogen-bond acceptors (Lipinski definition) is 6. The molecule has 2 aromatic carbocycles. The SMILES string of the molecule is COc1ccc(NC(=O)c2ccc(NCCc3ccccc3)nn2)c(OC)c1. The lowest BCUT2D eigenvalue weighted by molar-refractivity contribution is 0.102. The highest BCUT2D eigenvalue weighted by molar-refractivity contribution is 6.03. The maximum absolute atomic E-state index is 12.4. The van der Waals surface area contributed by atoms with Crippen LogP contribution >= 0.6 is 0 Å². The molecule has 0 fully saturated rings. The molecular weight excluding hydrogens is 356 g/mol. The molecule has 0 aliphatic rings. The van der Waals surface area contributed by atoms with Crippen molar-refractivity contribution in [3.63, 3.8) is 0 Å². The highest BCUT2D eigenvalue weighted by Crippen LogP contribution is 2.29. The second-order valence-corrected chi connectivity index (χ2v) is 5.99. The third kappa shape index (κ3) is 4.97. The fourth-order valence-electron chi connectivity index (χ4n) is 2.62. The van der Waals surface area contributed by atoms with E-state index in [9.17, 15) is 4.79 Å². The summed E-state index contributed by atoms with van der Waals surface area (Å²) in [6.45, 7) is 0.729. The number of amides is 1. The van der Waals surface area contributed by atoms with Crippen LogP contribution in [0.3, 0.4) is 0 Å². The van der Waals surface area contributed by atoms with Gasteiger partial charge in [0.15, 0.2) is 5.69 Å². The number of carbonyl (C=O) groups is 1.